The molecule has 3 rings (SSSR count). The summed E-state index contributed by atoms with van der Waals surface area (Å²) in [5.74, 6) is -0.442. The molecule has 0 unspecified atom stereocenters. The lowest BCUT2D eigenvalue weighted by molar-refractivity contribution is 0.616. The van der Waals surface area contributed by atoms with E-state index in [-0.39, 0.29) is 11.2 Å². The maximum absolute atomic E-state index is 13.9. The van der Waals surface area contributed by atoms with E-state index >= 15 is 0 Å². The highest BCUT2D eigenvalue weighted by Crippen LogP contribution is 2.22. The van der Waals surface area contributed by atoms with Gasteiger partial charge in [-0.25, -0.2) is 4.39 Å². The summed E-state index contributed by atoms with van der Waals surface area (Å²) >= 11 is 5.98. The fraction of sp³-hybridized carbons (Fsp3) is 0. The van der Waals surface area contributed by atoms with Gasteiger partial charge < -0.3 is 0 Å². The molecule has 0 aliphatic heterocycles. The maximum Gasteiger partial charge on any atom is 0.255 e. The lowest BCUT2D eigenvalue weighted by Gasteiger charge is -2.09. The summed E-state index contributed by atoms with van der Waals surface area (Å²) in [7, 11) is 0. The molecule has 104 valence electrons. The average Bonchev–Trinajstić information content (AvgIpc) is 2.49. The molecule has 0 spiro atoms. The SMILES string of the molecule is O=c1ccc(-c2cccc(Cl)c2)cn1-c1ccccc1F. The number of benzene rings is 2. The number of nitrogens with zero attached hydrogens (tertiary/aromatic N) is 1. The van der Waals surface area contributed by atoms with E-state index in [1.54, 1.807) is 42.6 Å². The maximum atomic E-state index is 13.9. The Morgan fingerprint density at radius 1 is 0.905 bits per heavy atom. The van der Waals surface area contributed by atoms with Gasteiger partial charge in [0.1, 0.15) is 5.82 Å². The van der Waals surface area contributed by atoms with Crippen molar-refractivity contribution in [3.05, 3.63) is 88.1 Å². The van der Waals surface area contributed by atoms with Gasteiger partial charge in [-0.15, -0.1) is 0 Å². The van der Waals surface area contributed by atoms with Gasteiger partial charge >= 0.3 is 0 Å². The molecule has 0 bridgehead atoms. The van der Waals surface area contributed by atoms with Gasteiger partial charge in [0, 0.05) is 17.3 Å². The van der Waals surface area contributed by atoms with Crippen LogP contribution in [-0.4, -0.2) is 4.57 Å². The van der Waals surface area contributed by atoms with Crippen molar-refractivity contribution in [2.75, 3.05) is 0 Å². The Labute approximate surface area is 126 Å². The van der Waals surface area contributed by atoms with Crippen LogP contribution in [0.25, 0.3) is 16.8 Å². The van der Waals surface area contributed by atoms with Gasteiger partial charge in [-0.2, -0.15) is 0 Å². The molecular formula is C17H11ClFNO. The second-order valence-electron chi connectivity index (χ2n) is 4.59. The Balaban J connectivity index is 2.18. The molecule has 0 radical (unpaired) electrons. The van der Waals surface area contributed by atoms with E-state index in [2.05, 4.69) is 0 Å². The van der Waals surface area contributed by atoms with Crippen LogP contribution in [-0.2, 0) is 0 Å². The van der Waals surface area contributed by atoms with Gasteiger partial charge in [-0.1, -0.05) is 35.9 Å². The summed E-state index contributed by atoms with van der Waals surface area (Å²) in [4.78, 5) is 12.0. The smallest absolute Gasteiger partial charge is 0.255 e. The second kappa shape index (κ2) is 5.54. The Morgan fingerprint density at radius 2 is 1.71 bits per heavy atom. The van der Waals surface area contributed by atoms with E-state index in [0.717, 1.165) is 11.1 Å². The van der Waals surface area contributed by atoms with Crippen molar-refractivity contribution in [3.8, 4) is 16.8 Å². The fourth-order valence-electron chi connectivity index (χ4n) is 2.16. The van der Waals surface area contributed by atoms with Crippen LogP contribution in [0.5, 0.6) is 0 Å². The van der Waals surface area contributed by atoms with Crippen molar-refractivity contribution < 1.29 is 4.39 Å². The van der Waals surface area contributed by atoms with Gasteiger partial charge in [0.05, 0.1) is 5.69 Å². The summed E-state index contributed by atoms with van der Waals surface area (Å²) in [6, 6.07) is 16.6. The first-order chi connectivity index (χ1) is 10.1. The van der Waals surface area contributed by atoms with Crippen molar-refractivity contribution in [2.24, 2.45) is 0 Å². The number of aromatic nitrogens is 1. The van der Waals surface area contributed by atoms with Crippen LogP contribution in [0, 0.1) is 5.82 Å². The van der Waals surface area contributed by atoms with E-state index < -0.39 is 5.82 Å². The molecule has 0 saturated carbocycles. The number of rotatable bonds is 2. The van der Waals surface area contributed by atoms with Gasteiger partial charge in [0.15, 0.2) is 0 Å². The highest BCUT2D eigenvalue weighted by molar-refractivity contribution is 6.30. The van der Waals surface area contributed by atoms with Crippen LogP contribution in [0.3, 0.4) is 0 Å². The molecule has 0 fully saturated rings. The molecular weight excluding hydrogens is 289 g/mol. The largest absolute Gasteiger partial charge is 0.281 e. The fourth-order valence-corrected chi connectivity index (χ4v) is 2.35. The minimum Gasteiger partial charge on any atom is -0.281 e. The summed E-state index contributed by atoms with van der Waals surface area (Å²) in [6.07, 6.45) is 1.62. The minimum absolute atomic E-state index is 0.228. The molecule has 2 nitrogen and oxygen atoms in total. The summed E-state index contributed by atoms with van der Waals surface area (Å²) in [5.41, 5.74) is 1.60. The number of pyridine rings is 1. The standard InChI is InChI=1S/C17H11ClFNO/c18-14-5-3-4-12(10-14)13-8-9-17(21)20(11-13)16-7-2-1-6-15(16)19/h1-11H. The third-order valence-corrected chi connectivity index (χ3v) is 3.42. The van der Waals surface area contributed by atoms with E-state index in [9.17, 15) is 9.18 Å². The number of para-hydroxylation sites is 1. The van der Waals surface area contributed by atoms with Crippen molar-refractivity contribution in [1.29, 1.82) is 0 Å². The first kappa shape index (κ1) is 13.6. The normalized spacial score (nSPS) is 10.6. The van der Waals surface area contributed by atoms with E-state index in [0.29, 0.717) is 5.02 Å². The predicted molar refractivity (Wildman–Crippen MR) is 82.4 cm³/mol. The van der Waals surface area contributed by atoms with Crippen molar-refractivity contribution >= 4 is 11.6 Å². The first-order valence-electron chi connectivity index (χ1n) is 6.39. The van der Waals surface area contributed by atoms with Gasteiger partial charge in [-0.3, -0.25) is 9.36 Å². The quantitative estimate of drug-likeness (QED) is 0.691. The van der Waals surface area contributed by atoms with Crippen molar-refractivity contribution in [3.63, 3.8) is 0 Å². The van der Waals surface area contributed by atoms with Crippen LogP contribution in [0.15, 0.2) is 71.7 Å². The van der Waals surface area contributed by atoms with Gasteiger partial charge in [0.25, 0.3) is 5.56 Å². The minimum atomic E-state index is -0.442. The zero-order valence-electron chi connectivity index (χ0n) is 11.0. The lowest BCUT2D eigenvalue weighted by atomic mass is 10.1. The third kappa shape index (κ3) is 2.73. The summed E-state index contributed by atoms with van der Waals surface area (Å²) < 4.78 is 15.2. The van der Waals surface area contributed by atoms with Gasteiger partial charge in [0.2, 0.25) is 0 Å². The summed E-state index contributed by atoms with van der Waals surface area (Å²) in [6.45, 7) is 0. The van der Waals surface area contributed by atoms with Crippen molar-refractivity contribution in [2.45, 2.75) is 0 Å². The molecule has 2 aromatic carbocycles. The van der Waals surface area contributed by atoms with Gasteiger partial charge in [-0.05, 0) is 41.5 Å². The van der Waals surface area contributed by atoms with Crippen LogP contribution >= 0.6 is 11.6 Å². The molecule has 3 aromatic rings. The zero-order valence-corrected chi connectivity index (χ0v) is 11.7. The second-order valence-corrected chi connectivity index (χ2v) is 5.02. The Hall–Kier alpha value is -2.39. The van der Waals surface area contributed by atoms with Crippen molar-refractivity contribution in [1.82, 2.24) is 4.57 Å². The number of hydrogen-bond donors (Lipinski definition) is 0. The molecule has 1 aromatic heterocycles. The lowest BCUT2D eigenvalue weighted by Crippen LogP contribution is -2.17. The zero-order chi connectivity index (χ0) is 14.8. The molecule has 0 aliphatic carbocycles. The number of halogens is 2. The van der Waals surface area contributed by atoms with E-state index in [4.69, 9.17) is 11.6 Å². The molecule has 0 amide bonds. The van der Waals surface area contributed by atoms with Crippen LogP contribution in [0.2, 0.25) is 5.02 Å². The molecule has 0 N–H and O–H groups in total. The summed E-state index contributed by atoms with van der Waals surface area (Å²) in [5, 5.41) is 0.608. The Morgan fingerprint density at radius 3 is 2.48 bits per heavy atom. The average molecular weight is 300 g/mol. The number of hydrogen-bond acceptors (Lipinski definition) is 1. The highest BCUT2D eigenvalue weighted by atomic mass is 35.5. The molecule has 21 heavy (non-hydrogen) atoms. The highest BCUT2D eigenvalue weighted by Gasteiger charge is 2.07. The topological polar surface area (TPSA) is 22.0 Å². The molecule has 1 heterocycles. The van der Waals surface area contributed by atoms with Crippen LogP contribution in [0.4, 0.5) is 4.39 Å². The predicted octanol–water partition coefficient (Wildman–Crippen LogP) is 4.30. The van der Waals surface area contributed by atoms with Crippen LogP contribution in [0.1, 0.15) is 0 Å². The third-order valence-electron chi connectivity index (χ3n) is 3.18. The first-order valence-corrected chi connectivity index (χ1v) is 6.76. The molecule has 0 aliphatic rings. The Kier molecular flexibility index (Phi) is 3.59. The molecule has 4 heteroatoms. The molecule has 0 saturated heterocycles. The van der Waals surface area contributed by atoms with E-state index in [1.807, 2.05) is 12.1 Å². The Bertz CT molecular complexity index is 857. The molecule has 0 atom stereocenters. The monoisotopic (exact) mass is 299 g/mol. The van der Waals surface area contributed by atoms with E-state index in [1.165, 1.54) is 16.7 Å². The van der Waals surface area contributed by atoms with Crippen LogP contribution < -0.4 is 5.56 Å².